The molecule has 2 nitrogen and oxygen atoms in total. The second-order valence-corrected chi connectivity index (χ2v) is 4.03. The van der Waals surface area contributed by atoms with Crippen molar-refractivity contribution < 1.29 is 0 Å². The first-order chi connectivity index (χ1) is 8.22. The largest absolute Gasteiger partial charge is 0.269 e. The van der Waals surface area contributed by atoms with Gasteiger partial charge in [0.15, 0.2) is 0 Å². The Bertz CT molecular complexity index is 384. The van der Waals surface area contributed by atoms with Crippen LogP contribution in [0.2, 0.25) is 0 Å². The lowest BCUT2D eigenvalue weighted by Gasteiger charge is -2.18. The van der Waals surface area contributed by atoms with Crippen LogP contribution in [0.15, 0.2) is 52.3 Å². The number of rotatable bonds is 5. The molecule has 0 saturated heterocycles. The van der Waals surface area contributed by atoms with Crippen LogP contribution in [0, 0.1) is 0 Å². The van der Waals surface area contributed by atoms with Crippen LogP contribution >= 0.6 is 0 Å². The molecule has 0 aliphatic heterocycles. The van der Waals surface area contributed by atoms with Gasteiger partial charge in [-0.1, -0.05) is 38.2 Å². The summed E-state index contributed by atoms with van der Waals surface area (Å²) in [7, 11) is 1.94. The predicted molar refractivity (Wildman–Crippen MR) is 75.9 cm³/mol. The molecule has 0 aromatic rings. The van der Waals surface area contributed by atoms with E-state index in [0.29, 0.717) is 0 Å². The van der Waals surface area contributed by atoms with Crippen molar-refractivity contribution in [2.24, 2.45) is 5.10 Å². The highest BCUT2D eigenvalue weighted by atomic mass is 15.4. The molecule has 0 bridgehead atoms. The van der Waals surface area contributed by atoms with Gasteiger partial charge in [-0.3, -0.25) is 5.01 Å². The summed E-state index contributed by atoms with van der Waals surface area (Å²) < 4.78 is 0. The van der Waals surface area contributed by atoms with Crippen LogP contribution in [0.5, 0.6) is 0 Å². The summed E-state index contributed by atoms with van der Waals surface area (Å²) >= 11 is 0. The topological polar surface area (TPSA) is 15.6 Å². The minimum Gasteiger partial charge on any atom is -0.269 e. The fourth-order valence-corrected chi connectivity index (χ4v) is 1.83. The fourth-order valence-electron chi connectivity index (χ4n) is 1.83. The molecule has 92 valence electrons. The molecule has 1 aliphatic carbocycles. The van der Waals surface area contributed by atoms with Crippen LogP contribution in [0.1, 0.15) is 33.1 Å². The Morgan fingerprint density at radius 3 is 2.88 bits per heavy atom. The molecule has 0 radical (unpaired) electrons. The molecule has 1 aliphatic rings. The van der Waals surface area contributed by atoms with Crippen molar-refractivity contribution in [1.82, 2.24) is 5.01 Å². The molecule has 0 aromatic heterocycles. The Morgan fingerprint density at radius 1 is 1.53 bits per heavy atom. The van der Waals surface area contributed by atoms with Gasteiger partial charge in [0.05, 0.1) is 5.70 Å². The highest BCUT2D eigenvalue weighted by Gasteiger charge is 2.08. The Labute approximate surface area is 105 Å². The third kappa shape index (κ3) is 3.74. The van der Waals surface area contributed by atoms with Crippen molar-refractivity contribution in [3.05, 3.63) is 47.2 Å². The van der Waals surface area contributed by atoms with Crippen LogP contribution in [-0.4, -0.2) is 18.8 Å². The first-order valence-electron chi connectivity index (χ1n) is 6.21. The highest BCUT2D eigenvalue weighted by Crippen LogP contribution is 2.22. The van der Waals surface area contributed by atoms with Gasteiger partial charge in [-0.05, 0) is 36.5 Å². The zero-order valence-electron chi connectivity index (χ0n) is 11.1. The van der Waals surface area contributed by atoms with Gasteiger partial charge in [0.1, 0.15) is 0 Å². The molecule has 0 saturated carbocycles. The van der Waals surface area contributed by atoms with Crippen molar-refractivity contribution >= 4 is 6.72 Å². The molecule has 0 fully saturated rings. The zero-order valence-corrected chi connectivity index (χ0v) is 11.1. The Kier molecular flexibility index (Phi) is 5.47. The average Bonchev–Trinajstić information content (AvgIpc) is 2.60. The predicted octanol–water partition coefficient (Wildman–Crippen LogP) is 4.05. The summed E-state index contributed by atoms with van der Waals surface area (Å²) in [5, 5.41) is 5.83. The summed E-state index contributed by atoms with van der Waals surface area (Å²) in [6.07, 6.45) is 14.1. The maximum atomic E-state index is 3.99. The highest BCUT2D eigenvalue weighted by molar-refractivity contribution is 5.45. The van der Waals surface area contributed by atoms with Gasteiger partial charge in [0.25, 0.3) is 0 Å². The van der Waals surface area contributed by atoms with Gasteiger partial charge in [0.2, 0.25) is 0 Å². The van der Waals surface area contributed by atoms with E-state index in [-0.39, 0.29) is 0 Å². The molecule has 0 atom stereocenters. The number of likely N-dealkylation sites (N-methyl/N-ethyl adjacent to an activating group) is 1. The van der Waals surface area contributed by atoms with Crippen LogP contribution in [0.25, 0.3) is 0 Å². The standard InChI is InChI=1S/C15H22N2/c1-5-9-15(17(4)16-3)14-11-8-7-10-13(6-2)12-14/h7,9-12H,3,5-6,8H2,1-2,4H3/b15-9-. The van der Waals surface area contributed by atoms with E-state index in [1.807, 2.05) is 12.1 Å². The smallest absolute Gasteiger partial charge is 0.0619 e. The van der Waals surface area contributed by atoms with E-state index in [1.54, 1.807) is 0 Å². The summed E-state index contributed by atoms with van der Waals surface area (Å²) in [6.45, 7) is 7.91. The normalized spacial score (nSPS) is 16.1. The molecule has 0 N–H and O–H groups in total. The molecule has 1 rings (SSSR count). The second kappa shape index (κ2) is 6.89. The zero-order chi connectivity index (χ0) is 12.7. The molecule has 0 aromatic carbocycles. The van der Waals surface area contributed by atoms with Gasteiger partial charge >= 0.3 is 0 Å². The van der Waals surface area contributed by atoms with Gasteiger partial charge in [0, 0.05) is 13.8 Å². The number of allylic oxidation sites excluding steroid dienone is 6. The van der Waals surface area contributed by atoms with E-state index < -0.39 is 0 Å². The Hall–Kier alpha value is -1.57. The van der Waals surface area contributed by atoms with Crippen molar-refractivity contribution in [2.45, 2.75) is 33.1 Å². The lowest BCUT2D eigenvalue weighted by Crippen LogP contribution is -2.11. The third-order valence-corrected chi connectivity index (χ3v) is 2.81. The van der Waals surface area contributed by atoms with E-state index >= 15 is 0 Å². The van der Waals surface area contributed by atoms with E-state index in [4.69, 9.17) is 0 Å². The molecule has 0 heterocycles. The van der Waals surface area contributed by atoms with Gasteiger partial charge in [-0.15, -0.1) is 0 Å². The molecular weight excluding hydrogens is 208 g/mol. The maximum absolute atomic E-state index is 3.99. The van der Waals surface area contributed by atoms with E-state index in [1.165, 1.54) is 11.1 Å². The number of hydrogen-bond donors (Lipinski definition) is 0. The lowest BCUT2D eigenvalue weighted by molar-refractivity contribution is 0.458. The molecule has 2 heteroatoms. The average molecular weight is 230 g/mol. The van der Waals surface area contributed by atoms with E-state index in [9.17, 15) is 0 Å². The van der Waals surface area contributed by atoms with Crippen LogP contribution in [0.3, 0.4) is 0 Å². The number of hydrogen-bond acceptors (Lipinski definition) is 2. The first kappa shape index (κ1) is 13.5. The molecular formula is C15H22N2. The van der Waals surface area contributed by atoms with Crippen LogP contribution < -0.4 is 0 Å². The van der Waals surface area contributed by atoms with E-state index in [2.05, 4.69) is 56.0 Å². The second-order valence-electron chi connectivity index (χ2n) is 4.03. The Balaban J connectivity index is 3.07. The minimum atomic E-state index is 0.974. The van der Waals surface area contributed by atoms with Crippen molar-refractivity contribution in [1.29, 1.82) is 0 Å². The van der Waals surface area contributed by atoms with Crippen molar-refractivity contribution in [3.8, 4) is 0 Å². The molecule has 0 spiro atoms. The van der Waals surface area contributed by atoms with Crippen molar-refractivity contribution in [3.63, 3.8) is 0 Å². The maximum Gasteiger partial charge on any atom is 0.0619 e. The van der Waals surface area contributed by atoms with Crippen LogP contribution in [-0.2, 0) is 0 Å². The Morgan fingerprint density at radius 2 is 2.29 bits per heavy atom. The lowest BCUT2D eigenvalue weighted by atomic mass is 10.1. The van der Waals surface area contributed by atoms with Crippen molar-refractivity contribution in [2.75, 3.05) is 7.05 Å². The van der Waals surface area contributed by atoms with Crippen LogP contribution in [0.4, 0.5) is 0 Å². The SMILES string of the molecule is C=NN(C)/C(=C\CC)C1=CCC=CC(CC)=C1. The summed E-state index contributed by atoms with van der Waals surface area (Å²) in [4.78, 5) is 0. The number of nitrogens with zero attached hydrogens (tertiary/aromatic N) is 2. The molecule has 17 heavy (non-hydrogen) atoms. The van der Waals surface area contributed by atoms with Gasteiger partial charge < -0.3 is 0 Å². The molecule has 0 unspecified atom stereocenters. The fraction of sp³-hybridized carbons (Fsp3) is 0.400. The summed E-state index contributed by atoms with van der Waals surface area (Å²) in [6, 6.07) is 0. The first-order valence-corrected chi connectivity index (χ1v) is 6.21. The van der Waals surface area contributed by atoms with E-state index in [0.717, 1.165) is 25.0 Å². The third-order valence-electron chi connectivity index (χ3n) is 2.81. The van der Waals surface area contributed by atoms with Gasteiger partial charge in [-0.25, -0.2) is 0 Å². The summed E-state index contributed by atoms with van der Waals surface area (Å²) in [5.41, 5.74) is 3.73. The van der Waals surface area contributed by atoms with Gasteiger partial charge in [-0.2, -0.15) is 5.10 Å². The summed E-state index contributed by atoms with van der Waals surface area (Å²) in [5.74, 6) is 0. The quantitative estimate of drug-likeness (QED) is 0.514. The molecule has 0 amide bonds. The minimum absolute atomic E-state index is 0.974. The number of hydrazone groups is 1. The monoisotopic (exact) mass is 230 g/mol.